The van der Waals surface area contributed by atoms with Crippen LogP contribution in [-0.4, -0.2) is 28.2 Å². The molecule has 0 atom stereocenters. The number of alkyl halides is 3. The Morgan fingerprint density at radius 2 is 1.92 bits per heavy atom. The van der Waals surface area contributed by atoms with Crippen molar-refractivity contribution in [2.45, 2.75) is 19.7 Å². The van der Waals surface area contributed by atoms with Gasteiger partial charge in [0.05, 0.1) is 11.1 Å². The molecule has 0 radical (unpaired) electrons. The number of carboxylic acids is 1. The average Bonchev–Trinajstić information content (AvgIpc) is 2.45. The van der Waals surface area contributed by atoms with Gasteiger partial charge in [-0.1, -0.05) is 0 Å². The second-order valence-corrected chi connectivity index (χ2v) is 4.97. The van der Waals surface area contributed by atoms with E-state index < -0.39 is 29.4 Å². The van der Waals surface area contributed by atoms with E-state index >= 15 is 0 Å². The highest BCUT2D eigenvalue weighted by Crippen LogP contribution is 2.28. The zero-order valence-electron chi connectivity index (χ0n) is 12.4. The maximum Gasteiger partial charge on any atom is 0.573 e. The first-order valence-electron chi connectivity index (χ1n) is 6.73. The Labute approximate surface area is 134 Å². The minimum Gasteiger partial charge on any atom is -0.478 e. The molecule has 0 saturated carbocycles. The highest BCUT2D eigenvalue weighted by Gasteiger charge is 2.33. The number of rotatable bonds is 5. The van der Waals surface area contributed by atoms with Gasteiger partial charge in [-0.2, -0.15) is 0 Å². The summed E-state index contributed by atoms with van der Waals surface area (Å²) in [6, 6.07) is 5.80. The topological polar surface area (TPSA) is 76.5 Å². The lowest BCUT2D eigenvalue weighted by molar-refractivity contribution is -0.274. The molecule has 126 valence electrons. The highest BCUT2D eigenvalue weighted by atomic mass is 19.4. The van der Waals surface area contributed by atoms with Crippen LogP contribution in [0.4, 0.5) is 13.2 Å². The van der Waals surface area contributed by atoms with Gasteiger partial charge in [0.25, 0.3) is 0 Å². The van der Waals surface area contributed by atoms with Crippen LogP contribution in [0, 0.1) is 6.92 Å². The van der Waals surface area contributed by atoms with Crippen molar-refractivity contribution < 1.29 is 32.6 Å². The van der Waals surface area contributed by atoms with Crippen LogP contribution in [0.25, 0.3) is 0 Å². The van der Waals surface area contributed by atoms with E-state index in [9.17, 15) is 22.8 Å². The van der Waals surface area contributed by atoms with E-state index in [0.717, 1.165) is 18.2 Å². The number of halogens is 3. The first kappa shape index (κ1) is 17.5. The first-order chi connectivity index (χ1) is 11.2. The Bertz CT molecular complexity index is 787. The number of aromatic nitrogens is 1. The molecule has 0 fully saturated rings. The summed E-state index contributed by atoms with van der Waals surface area (Å²) in [5.41, 5.74) is 0.443. The van der Waals surface area contributed by atoms with Gasteiger partial charge in [-0.15, -0.1) is 13.2 Å². The molecule has 2 rings (SSSR count). The number of ketones is 1. The standard InChI is InChI=1S/C16H12F3NO4/c1-9-6-10(4-5-20-9)7-13(21)12-8-11(15(22)23)2-3-14(12)24-16(17,18)19/h2-6,8H,7H2,1H3,(H,22,23). The number of carboxylic acid groups (broad SMARTS) is 1. The molecule has 0 saturated heterocycles. The number of carbonyl (C=O) groups excluding carboxylic acids is 1. The minimum atomic E-state index is -4.99. The van der Waals surface area contributed by atoms with E-state index in [4.69, 9.17) is 5.11 Å². The number of ether oxygens (including phenoxy) is 1. The predicted molar refractivity (Wildman–Crippen MR) is 77.1 cm³/mol. The molecule has 8 heteroatoms. The average molecular weight is 339 g/mol. The number of hydrogen-bond donors (Lipinski definition) is 1. The van der Waals surface area contributed by atoms with Crippen molar-refractivity contribution >= 4 is 11.8 Å². The molecular formula is C16H12F3NO4. The van der Waals surface area contributed by atoms with Gasteiger partial charge in [0.15, 0.2) is 5.78 Å². The van der Waals surface area contributed by atoms with E-state index in [-0.39, 0.29) is 12.0 Å². The van der Waals surface area contributed by atoms with Crippen LogP contribution < -0.4 is 4.74 Å². The van der Waals surface area contributed by atoms with E-state index in [1.807, 2.05) is 0 Å². The number of aromatic carboxylic acids is 1. The third kappa shape index (κ3) is 4.55. The molecule has 0 spiro atoms. The minimum absolute atomic E-state index is 0.208. The molecule has 5 nitrogen and oxygen atoms in total. The summed E-state index contributed by atoms with van der Waals surface area (Å²) in [5.74, 6) is -2.78. The van der Waals surface area contributed by atoms with E-state index in [2.05, 4.69) is 9.72 Å². The Balaban J connectivity index is 2.39. The molecule has 0 bridgehead atoms. The quantitative estimate of drug-likeness (QED) is 0.845. The fourth-order valence-electron chi connectivity index (χ4n) is 2.09. The molecule has 1 aromatic carbocycles. The molecule has 0 unspecified atom stereocenters. The van der Waals surface area contributed by atoms with Crippen molar-refractivity contribution in [2.75, 3.05) is 0 Å². The van der Waals surface area contributed by atoms with Gasteiger partial charge in [-0.05, 0) is 42.8 Å². The smallest absolute Gasteiger partial charge is 0.478 e. The normalized spacial score (nSPS) is 11.2. The van der Waals surface area contributed by atoms with Crippen LogP contribution in [0.2, 0.25) is 0 Å². The number of benzene rings is 1. The van der Waals surface area contributed by atoms with Crippen LogP contribution in [-0.2, 0) is 6.42 Å². The van der Waals surface area contributed by atoms with Crippen molar-refractivity contribution in [1.82, 2.24) is 4.98 Å². The third-order valence-electron chi connectivity index (χ3n) is 3.08. The Hall–Kier alpha value is -2.90. The number of carbonyl (C=O) groups is 2. The summed E-state index contributed by atoms with van der Waals surface area (Å²) in [6.07, 6.45) is -3.73. The molecule has 24 heavy (non-hydrogen) atoms. The molecule has 0 aliphatic carbocycles. The predicted octanol–water partition coefficient (Wildman–Crippen LogP) is 3.41. The number of Topliss-reactive ketones (excluding diaryl/α,β-unsaturated/α-hetero) is 1. The molecule has 1 heterocycles. The van der Waals surface area contributed by atoms with Gasteiger partial charge < -0.3 is 9.84 Å². The molecule has 1 N–H and O–H groups in total. The second kappa shape index (κ2) is 6.69. The van der Waals surface area contributed by atoms with Crippen LogP contribution in [0.3, 0.4) is 0 Å². The van der Waals surface area contributed by atoms with Gasteiger partial charge in [-0.25, -0.2) is 4.79 Å². The monoisotopic (exact) mass is 339 g/mol. The number of aryl methyl sites for hydroxylation is 1. The maximum atomic E-state index is 12.5. The largest absolute Gasteiger partial charge is 0.573 e. The highest BCUT2D eigenvalue weighted by molar-refractivity contribution is 6.02. The number of hydrogen-bond acceptors (Lipinski definition) is 4. The van der Waals surface area contributed by atoms with E-state index in [1.54, 1.807) is 19.1 Å². The SMILES string of the molecule is Cc1cc(CC(=O)c2cc(C(=O)O)ccc2OC(F)(F)F)ccn1. The summed E-state index contributed by atoms with van der Waals surface area (Å²) in [6.45, 7) is 1.71. The lowest BCUT2D eigenvalue weighted by Crippen LogP contribution is -2.20. The van der Waals surface area contributed by atoms with Gasteiger partial charge >= 0.3 is 12.3 Å². The molecule has 0 aliphatic rings. The lowest BCUT2D eigenvalue weighted by Gasteiger charge is -2.13. The van der Waals surface area contributed by atoms with E-state index in [0.29, 0.717) is 11.3 Å². The van der Waals surface area contributed by atoms with Crippen molar-refractivity contribution in [1.29, 1.82) is 0 Å². The molecule has 0 aliphatic heterocycles. The van der Waals surface area contributed by atoms with Crippen LogP contribution >= 0.6 is 0 Å². The Morgan fingerprint density at radius 1 is 1.21 bits per heavy atom. The van der Waals surface area contributed by atoms with Crippen LogP contribution in [0.5, 0.6) is 5.75 Å². The van der Waals surface area contributed by atoms with Crippen LogP contribution in [0.1, 0.15) is 32.0 Å². The zero-order valence-corrected chi connectivity index (χ0v) is 12.4. The third-order valence-corrected chi connectivity index (χ3v) is 3.08. The summed E-state index contributed by atoms with van der Waals surface area (Å²) in [7, 11) is 0. The van der Waals surface area contributed by atoms with Gasteiger partial charge in [0, 0.05) is 18.3 Å². The van der Waals surface area contributed by atoms with Gasteiger partial charge in [0.1, 0.15) is 5.75 Å². The molecule has 2 aromatic rings. The lowest BCUT2D eigenvalue weighted by atomic mass is 10.0. The fraction of sp³-hybridized carbons (Fsp3) is 0.188. The molecular weight excluding hydrogens is 327 g/mol. The number of pyridine rings is 1. The Kier molecular flexibility index (Phi) is 4.87. The Morgan fingerprint density at radius 3 is 2.50 bits per heavy atom. The summed E-state index contributed by atoms with van der Waals surface area (Å²) in [4.78, 5) is 27.3. The first-order valence-corrected chi connectivity index (χ1v) is 6.73. The zero-order chi connectivity index (χ0) is 17.9. The van der Waals surface area contributed by atoms with E-state index in [1.165, 1.54) is 6.20 Å². The molecule has 0 amide bonds. The van der Waals surface area contributed by atoms with Crippen molar-refractivity contribution in [3.63, 3.8) is 0 Å². The fourth-order valence-corrected chi connectivity index (χ4v) is 2.09. The van der Waals surface area contributed by atoms with Crippen LogP contribution in [0.15, 0.2) is 36.5 Å². The number of nitrogens with zero attached hydrogens (tertiary/aromatic N) is 1. The second-order valence-electron chi connectivity index (χ2n) is 4.97. The van der Waals surface area contributed by atoms with Crippen molar-refractivity contribution in [2.24, 2.45) is 0 Å². The van der Waals surface area contributed by atoms with Crippen molar-refractivity contribution in [3.8, 4) is 5.75 Å². The van der Waals surface area contributed by atoms with Gasteiger partial charge in [0.2, 0.25) is 0 Å². The molecule has 1 aromatic heterocycles. The van der Waals surface area contributed by atoms with Gasteiger partial charge in [-0.3, -0.25) is 9.78 Å². The van der Waals surface area contributed by atoms with Crippen molar-refractivity contribution in [3.05, 3.63) is 58.9 Å². The summed E-state index contributed by atoms with van der Waals surface area (Å²) >= 11 is 0. The maximum absolute atomic E-state index is 12.5. The summed E-state index contributed by atoms with van der Waals surface area (Å²) < 4.78 is 41.2. The summed E-state index contributed by atoms with van der Waals surface area (Å²) in [5, 5.41) is 8.96.